The highest BCUT2D eigenvalue weighted by Gasteiger charge is 2.07. The summed E-state index contributed by atoms with van der Waals surface area (Å²) in [7, 11) is 0. The van der Waals surface area contributed by atoms with Gasteiger partial charge in [0, 0.05) is 31.1 Å². The fourth-order valence-corrected chi connectivity index (χ4v) is 2.26. The van der Waals surface area contributed by atoms with Gasteiger partial charge in [0.15, 0.2) is 5.65 Å². The molecule has 23 heavy (non-hydrogen) atoms. The second-order valence-electron chi connectivity index (χ2n) is 5.76. The van der Waals surface area contributed by atoms with E-state index in [1.165, 1.54) is 0 Å². The van der Waals surface area contributed by atoms with Crippen LogP contribution in [0.1, 0.15) is 13.8 Å². The van der Waals surface area contributed by atoms with Gasteiger partial charge in [0.25, 0.3) is 0 Å². The third-order valence-electron chi connectivity index (χ3n) is 3.34. The van der Waals surface area contributed by atoms with Crippen molar-refractivity contribution >= 4 is 11.5 Å². The van der Waals surface area contributed by atoms with E-state index < -0.39 is 0 Å². The summed E-state index contributed by atoms with van der Waals surface area (Å²) in [5.41, 5.74) is 2.80. The van der Waals surface area contributed by atoms with Crippen LogP contribution >= 0.6 is 0 Å². The molecule has 3 aromatic rings. The topological polar surface area (TPSA) is 64.3 Å². The van der Waals surface area contributed by atoms with E-state index in [1.807, 2.05) is 35.0 Å². The molecule has 0 radical (unpaired) electrons. The van der Waals surface area contributed by atoms with Gasteiger partial charge in [0.1, 0.15) is 5.82 Å². The minimum atomic E-state index is 0.554. The van der Waals surface area contributed by atoms with Crippen molar-refractivity contribution in [3.8, 4) is 11.3 Å². The average Bonchev–Trinajstić information content (AvgIpc) is 2.98. The predicted molar refractivity (Wildman–Crippen MR) is 90.4 cm³/mol. The molecule has 3 rings (SSSR count). The summed E-state index contributed by atoms with van der Waals surface area (Å²) in [5, 5.41) is 7.89. The van der Waals surface area contributed by atoms with Crippen LogP contribution < -0.4 is 5.32 Å². The van der Waals surface area contributed by atoms with Gasteiger partial charge in [-0.2, -0.15) is 0 Å². The highest BCUT2D eigenvalue weighted by atomic mass is 16.5. The predicted octanol–water partition coefficient (Wildman–Crippen LogP) is 2.88. The van der Waals surface area contributed by atoms with E-state index in [9.17, 15) is 0 Å². The maximum absolute atomic E-state index is 5.57. The molecule has 1 N–H and O–H groups in total. The molecule has 0 unspecified atom stereocenters. The number of anilines is 1. The molecule has 0 amide bonds. The van der Waals surface area contributed by atoms with E-state index in [1.54, 1.807) is 12.4 Å². The normalized spacial score (nSPS) is 11.3. The molecule has 3 heterocycles. The number of nitrogens with one attached hydrogen (secondary N) is 1. The second-order valence-corrected chi connectivity index (χ2v) is 5.76. The van der Waals surface area contributed by atoms with E-state index in [-0.39, 0.29) is 0 Å². The standard InChI is InChI=1S/C17H21N5O/c1-13(2)12-23-10-9-19-16-3-4-17-20-11-15(22(17)21-16)14-5-7-18-8-6-14/h3-8,11,13H,9-10,12H2,1-2H3,(H,19,21). The van der Waals surface area contributed by atoms with Gasteiger partial charge in [-0.3, -0.25) is 4.98 Å². The van der Waals surface area contributed by atoms with Gasteiger partial charge in [0.05, 0.1) is 18.5 Å². The maximum atomic E-state index is 5.57. The zero-order valence-corrected chi connectivity index (χ0v) is 13.4. The van der Waals surface area contributed by atoms with Crippen molar-refractivity contribution in [2.24, 2.45) is 5.92 Å². The van der Waals surface area contributed by atoms with E-state index >= 15 is 0 Å². The summed E-state index contributed by atoms with van der Waals surface area (Å²) in [5.74, 6) is 1.36. The molecule has 0 aliphatic heterocycles. The number of fused-ring (bicyclic) bond motifs is 1. The lowest BCUT2D eigenvalue weighted by Gasteiger charge is -2.09. The van der Waals surface area contributed by atoms with Crippen LogP contribution in [0.4, 0.5) is 5.82 Å². The highest BCUT2D eigenvalue weighted by Crippen LogP contribution is 2.19. The fraction of sp³-hybridized carbons (Fsp3) is 0.353. The maximum Gasteiger partial charge on any atom is 0.154 e. The van der Waals surface area contributed by atoms with Gasteiger partial charge < -0.3 is 10.1 Å². The number of hydrogen-bond donors (Lipinski definition) is 1. The summed E-state index contributed by atoms with van der Waals surface area (Å²) in [4.78, 5) is 8.44. The van der Waals surface area contributed by atoms with Crippen molar-refractivity contribution in [1.29, 1.82) is 0 Å². The first-order valence-corrected chi connectivity index (χ1v) is 7.81. The third kappa shape index (κ3) is 3.84. The molecule has 6 nitrogen and oxygen atoms in total. The lowest BCUT2D eigenvalue weighted by atomic mass is 10.2. The lowest BCUT2D eigenvalue weighted by Crippen LogP contribution is -2.13. The third-order valence-corrected chi connectivity index (χ3v) is 3.34. The van der Waals surface area contributed by atoms with Crippen LogP contribution in [0.25, 0.3) is 16.9 Å². The summed E-state index contributed by atoms with van der Waals surface area (Å²) in [6, 6.07) is 7.78. The minimum absolute atomic E-state index is 0.554. The Morgan fingerprint density at radius 1 is 1.17 bits per heavy atom. The number of imidazole rings is 1. The van der Waals surface area contributed by atoms with Crippen LogP contribution in [0, 0.1) is 5.92 Å². The van der Waals surface area contributed by atoms with Crippen molar-refractivity contribution in [3.63, 3.8) is 0 Å². The molecular formula is C17H21N5O. The zero-order valence-electron chi connectivity index (χ0n) is 13.4. The van der Waals surface area contributed by atoms with Crippen LogP contribution in [-0.2, 0) is 4.74 Å². The molecule has 0 aromatic carbocycles. The van der Waals surface area contributed by atoms with Crippen LogP contribution in [0.5, 0.6) is 0 Å². The smallest absolute Gasteiger partial charge is 0.154 e. The van der Waals surface area contributed by atoms with Crippen molar-refractivity contribution < 1.29 is 4.74 Å². The van der Waals surface area contributed by atoms with Crippen molar-refractivity contribution in [2.75, 3.05) is 25.1 Å². The second kappa shape index (κ2) is 7.19. The zero-order chi connectivity index (χ0) is 16.1. The van der Waals surface area contributed by atoms with Gasteiger partial charge in [-0.15, -0.1) is 5.10 Å². The first-order chi connectivity index (χ1) is 11.2. The molecule has 0 atom stereocenters. The number of nitrogens with zero attached hydrogens (tertiary/aromatic N) is 4. The Hall–Kier alpha value is -2.47. The molecule has 0 bridgehead atoms. The molecule has 0 aliphatic rings. The molecule has 0 aliphatic carbocycles. The number of hydrogen-bond acceptors (Lipinski definition) is 5. The molecule has 0 saturated heterocycles. The van der Waals surface area contributed by atoms with Crippen LogP contribution in [-0.4, -0.2) is 39.3 Å². The molecule has 0 fully saturated rings. The summed E-state index contributed by atoms with van der Waals surface area (Å²) in [6.45, 7) is 6.45. The quantitative estimate of drug-likeness (QED) is 0.680. The lowest BCUT2D eigenvalue weighted by molar-refractivity contribution is 0.118. The van der Waals surface area contributed by atoms with Crippen molar-refractivity contribution in [1.82, 2.24) is 19.6 Å². The SMILES string of the molecule is CC(C)COCCNc1ccc2ncc(-c3ccncc3)n2n1. The Bertz CT molecular complexity index is 754. The van der Waals surface area contributed by atoms with Gasteiger partial charge >= 0.3 is 0 Å². The van der Waals surface area contributed by atoms with Gasteiger partial charge in [-0.1, -0.05) is 13.8 Å². The molecule has 6 heteroatoms. The van der Waals surface area contributed by atoms with Crippen LogP contribution in [0.15, 0.2) is 42.9 Å². The molecule has 120 valence electrons. The highest BCUT2D eigenvalue weighted by molar-refractivity contribution is 5.63. The number of pyridine rings is 1. The molecule has 0 saturated carbocycles. The monoisotopic (exact) mass is 311 g/mol. The fourth-order valence-electron chi connectivity index (χ4n) is 2.26. The molecule has 3 aromatic heterocycles. The minimum Gasteiger partial charge on any atom is -0.379 e. The van der Waals surface area contributed by atoms with Gasteiger partial charge in [0.2, 0.25) is 0 Å². The van der Waals surface area contributed by atoms with E-state index in [2.05, 4.69) is 34.2 Å². The first kappa shape index (κ1) is 15.4. The Balaban J connectivity index is 1.71. The number of rotatable bonds is 7. The largest absolute Gasteiger partial charge is 0.379 e. The number of aromatic nitrogens is 4. The van der Waals surface area contributed by atoms with Gasteiger partial charge in [-0.05, 0) is 30.2 Å². The number of ether oxygens (including phenoxy) is 1. The van der Waals surface area contributed by atoms with Crippen molar-refractivity contribution in [2.45, 2.75) is 13.8 Å². The summed E-state index contributed by atoms with van der Waals surface area (Å²) < 4.78 is 7.41. The van der Waals surface area contributed by atoms with E-state index in [0.29, 0.717) is 12.5 Å². The van der Waals surface area contributed by atoms with Crippen molar-refractivity contribution in [3.05, 3.63) is 42.9 Å². The van der Waals surface area contributed by atoms with Crippen LogP contribution in [0.2, 0.25) is 0 Å². The first-order valence-electron chi connectivity index (χ1n) is 7.81. The van der Waals surface area contributed by atoms with E-state index in [0.717, 1.165) is 35.9 Å². The Morgan fingerprint density at radius 2 is 2.00 bits per heavy atom. The summed E-state index contributed by atoms with van der Waals surface area (Å²) >= 11 is 0. The average molecular weight is 311 g/mol. The Kier molecular flexibility index (Phi) is 4.83. The Morgan fingerprint density at radius 3 is 2.78 bits per heavy atom. The molecular weight excluding hydrogens is 290 g/mol. The van der Waals surface area contributed by atoms with Crippen LogP contribution in [0.3, 0.4) is 0 Å². The Labute approximate surface area is 135 Å². The van der Waals surface area contributed by atoms with Gasteiger partial charge in [-0.25, -0.2) is 9.50 Å². The molecule has 0 spiro atoms. The van der Waals surface area contributed by atoms with E-state index in [4.69, 9.17) is 4.74 Å². The summed E-state index contributed by atoms with van der Waals surface area (Å²) in [6.07, 6.45) is 5.36.